The molecule has 1 aromatic carbocycles. The van der Waals surface area contributed by atoms with Crippen LogP contribution in [-0.2, 0) is 0 Å². The van der Waals surface area contributed by atoms with Gasteiger partial charge in [-0.1, -0.05) is 12.1 Å². The third-order valence-corrected chi connectivity index (χ3v) is 3.17. The van der Waals surface area contributed by atoms with Crippen LogP contribution in [0.3, 0.4) is 0 Å². The third-order valence-electron chi connectivity index (χ3n) is 3.17. The lowest BCUT2D eigenvalue weighted by Crippen LogP contribution is -2.17. The number of rotatable bonds is 3. The van der Waals surface area contributed by atoms with Gasteiger partial charge in [0.1, 0.15) is 11.4 Å². The van der Waals surface area contributed by atoms with Crippen LogP contribution in [0.1, 0.15) is 16.2 Å². The maximum Gasteiger partial charge on any atom is 0.573 e. The quantitative estimate of drug-likeness (QED) is 0.694. The number of nitrogens with zero attached hydrogens (tertiary/aromatic N) is 3. The normalized spacial score (nSPS) is 11.7. The number of alkyl halides is 3. The molecule has 3 aromatic rings. The number of ether oxygens (including phenoxy) is 1. The highest BCUT2D eigenvalue weighted by molar-refractivity contribution is 5.76. The standard InChI is InChI=1S/C15H10F3N3O2/c1-9-13(8-22)21-14(19-9)6-5-12(20-21)10-3-2-4-11(7-10)23-15(16,17)18/h2-8H,1H3. The molecule has 0 amide bonds. The van der Waals surface area contributed by atoms with Crippen LogP contribution in [0.25, 0.3) is 16.9 Å². The molecular weight excluding hydrogens is 311 g/mol. The first-order valence-corrected chi connectivity index (χ1v) is 6.55. The molecule has 118 valence electrons. The predicted octanol–water partition coefficient (Wildman–Crippen LogP) is 3.42. The fraction of sp³-hybridized carbons (Fsp3) is 0.133. The molecule has 2 heterocycles. The van der Waals surface area contributed by atoms with E-state index in [4.69, 9.17) is 0 Å². The van der Waals surface area contributed by atoms with Crippen LogP contribution >= 0.6 is 0 Å². The van der Waals surface area contributed by atoms with Gasteiger partial charge in [0.05, 0.1) is 11.4 Å². The van der Waals surface area contributed by atoms with E-state index in [0.29, 0.717) is 34.6 Å². The molecule has 0 unspecified atom stereocenters. The van der Waals surface area contributed by atoms with Gasteiger partial charge in [-0.15, -0.1) is 13.2 Å². The van der Waals surface area contributed by atoms with Crippen LogP contribution < -0.4 is 4.74 Å². The first kappa shape index (κ1) is 15.0. The van der Waals surface area contributed by atoms with Crippen molar-refractivity contribution in [2.75, 3.05) is 0 Å². The van der Waals surface area contributed by atoms with Crippen molar-refractivity contribution in [3.05, 3.63) is 47.8 Å². The number of carbonyl (C=O) groups is 1. The Bertz CT molecular complexity index is 887. The number of benzene rings is 1. The van der Waals surface area contributed by atoms with E-state index in [2.05, 4.69) is 14.8 Å². The second-order valence-electron chi connectivity index (χ2n) is 4.76. The van der Waals surface area contributed by atoms with E-state index in [-0.39, 0.29) is 5.75 Å². The van der Waals surface area contributed by atoms with Crippen molar-refractivity contribution in [1.82, 2.24) is 14.6 Å². The Kier molecular flexibility index (Phi) is 3.51. The van der Waals surface area contributed by atoms with Crippen molar-refractivity contribution < 1.29 is 22.7 Å². The maximum absolute atomic E-state index is 12.3. The fourth-order valence-electron chi connectivity index (χ4n) is 2.20. The van der Waals surface area contributed by atoms with Gasteiger partial charge in [-0.25, -0.2) is 9.50 Å². The summed E-state index contributed by atoms with van der Waals surface area (Å²) in [4.78, 5) is 15.3. The SMILES string of the molecule is Cc1nc2ccc(-c3cccc(OC(F)(F)F)c3)nn2c1C=O. The van der Waals surface area contributed by atoms with E-state index in [0.717, 1.165) is 0 Å². The largest absolute Gasteiger partial charge is 0.573 e. The molecule has 2 aromatic heterocycles. The Hall–Kier alpha value is -2.90. The number of aldehydes is 1. The molecule has 0 radical (unpaired) electrons. The van der Waals surface area contributed by atoms with Gasteiger partial charge in [-0.2, -0.15) is 5.10 Å². The molecule has 5 nitrogen and oxygen atoms in total. The summed E-state index contributed by atoms with van der Waals surface area (Å²) < 4.78 is 42.1. The number of halogens is 3. The molecule has 0 saturated heterocycles. The van der Waals surface area contributed by atoms with Crippen LogP contribution in [0.2, 0.25) is 0 Å². The monoisotopic (exact) mass is 321 g/mol. The second-order valence-corrected chi connectivity index (χ2v) is 4.76. The highest BCUT2D eigenvalue weighted by Gasteiger charge is 2.31. The molecule has 0 fully saturated rings. The highest BCUT2D eigenvalue weighted by atomic mass is 19.4. The molecule has 0 spiro atoms. The van der Waals surface area contributed by atoms with Gasteiger partial charge in [0.25, 0.3) is 0 Å². The summed E-state index contributed by atoms with van der Waals surface area (Å²) >= 11 is 0. The van der Waals surface area contributed by atoms with Gasteiger partial charge in [-0.05, 0) is 31.2 Å². The zero-order valence-electron chi connectivity index (χ0n) is 11.8. The van der Waals surface area contributed by atoms with Crippen molar-refractivity contribution in [3.8, 4) is 17.0 Å². The summed E-state index contributed by atoms with van der Waals surface area (Å²) in [5, 5.41) is 4.26. The number of imidazole rings is 1. The fourth-order valence-corrected chi connectivity index (χ4v) is 2.20. The number of hydrogen-bond donors (Lipinski definition) is 0. The first-order chi connectivity index (χ1) is 10.9. The van der Waals surface area contributed by atoms with Crippen LogP contribution in [0.15, 0.2) is 36.4 Å². The van der Waals surface area contributed by atoms with Gasteiger partial charge in [0.15, 0.2) is 11.9 Å². The summed E-state index contributed by atoms with van der Waals surface area (Å²) in [7, 11) is 0. The molecule has 0 atom stereocenters. The summed E-state index contributed by atoms with van der Waals surface area (Å²) in [6.07, 6.45) is -4.13. The molecule has 23 heavy (non-hydrogen) atoms. The number of aromatic nitrogens is 3. The van der Waals surface area contributed by atoms with Crippen molar-refractivity contribution in [3.63, 3.8) is 0 Å². The Balaban J connectivity index is 2.06. The van der Waals surface area contributed by atoms with Crippen molar-refractivity contribution in [2.45, 2.75) is 13.3 Å². The molecule has 0 aliphatic carbocycles. The zero-order valence-corrected chi connectivity index (χ0v) is 11.8. The van der Waals surface area contributed by atoms with E-state index >= 15 is 0 Å². The summed E-state index contributed by atoms with van der Waals surface area (Å²) in [5.74, 6) is -0.339. The van der Waals surface area contributed by atoms with Crippen molar-refractivity contribution in [1.29, 1.82) is 0 Å². The Labute approximate surface area is 128 Å². The summed E-state index contributed by atoms with van der Waals surface area (Å²) in [5.41, 5.74) is 2.13. The van der Waals surface area contributed by atoms with Gasteiger partial charge >= 0.3 is 6.36 Å². The number of carbonyl (C=O) groups excluding carboxylic acids is 1. The molecule has 0 bridgehead atoms. The van der Waals surface area contributed by atoms with Crippen LogP contribution in [0, 0.1) is 6.92 Å². The summed E-state index contributed by atoms with van der Waals surface area (Å²) in [6, 6.07) is 8.71. The lowest BCUT2D eigenvalue weighted by molar-refractivity contribution is -0.274. The minimum absolute atomic E-state index is 0.296. The van der Waals surface area contributed by atoms with Crippen molar-refractivity contribution >= 4 is 11.9 Å². The Morgan fingerprint density at radius 2 is 2.00 bits per heavy atom. The van der Waals surface area contributed by atoms with Gasteiger partial charge in [0, 0.05) is 5.56 Å². The van der Waals surface area contributed by atoms with E-state index in [9.17, 15) is 18.0 Å². The minimum atomic E-state index is -4.76. The lowest BCUT2D eigenvalue weighted by Gasteiger charge is -2.10. The number of hydrogen-bond acceptors (Lipinski definition) is 4. The van der Waals surface area contributed by atoms with Gasteiger partial charge < -0.3 is 4.74 Å². The predicted molar refractivity (Wildman–Crippen MR) is 75.2 cm³/mol. The highest BCUT2D eigenvalue weighted by Crippen LogP contribution is 2.27. The van der Waals surface area contributed by atoms with E-state index in [1.807, 2.05) is 0 Å². The topological polar surface area (TPSA) is 56.5 Å². The molecular formula is C15H10F3N3O2. The average Bonchev–Trinajstić information content (AvgIpc) is 2.80. The van der Waals surface area contributed by atoms with Gasteiger partial charge in [0.2, 0.25) is 0 Å². The van der Waals surface area contributed by atoms with Crippen LogP contribution in [-0.4, -0.2) is 27.2 Å². The summed E-state index contributed by atoms with van der Waals surface area (Å²) in [6.45, 7) is 1.68. The lowest BCUT2D eigenvalue weighted by atomic mass is 10.1. The zero-order chi connectivity index (χ0) is 16.6. The van der Waals surface area contributed by atoms with E-state index in [1.165, 1.54) is 22.7 Å². The van der Waals surface area contributed by atoms with Crippen LogP contribution in [0.5, 0.6) is 5.75 Å². The maximum atomic E-state index is 12.3. The third kappa shape index (κ3) is 3.01. The Morgan fingerprint density at radius 3 is 2.70 bits per heavy atom. The molecule has 3 rings (SSSR count). The van der Waals surface area contributed by atoms with Crippen LogP contribution in [0.4, 0.5) is 13.2 Å². The number of fused-ring (bicyclic) bond motifs is 1. The molecule has 0 N–H and O–H groups in total. The smallest absolute Gasteiger partial charge is 0.406 e. The van der Waals surface area contributed by atoms with E-state index < -0.39 is 6.36 Å². The second kappa shape index (κ2) is 5.38. The van der Waals surface area contributed by atoms with Gasteiger partial charge in [-0.3, -0.25) is 4.79 Å². The first-order valence-electron chi connectivity index (χ1n) is 6.55. The van der Waals surface area contributed by atoms with Crippen molar-refractivity contribution in [2.24, 2.45) is 0 Å². The molecule has 0 saturated carbocycles. The molecule has 8 heteroatoms. The number of aryl methyl sites for hydroxylation is 1. The average molecular weight is 321 g/mol. The molecule has 0 aliphatic rings. The minimum Gasteiger partial charge on any atom is -0.406 e. The Morgan fingerprint density at radius 1 is 1.22 bits per heavy atom. The van der Waals surface area contributed by atoms with E-state index in [1.54, 1.807) is 25.1 Å². The molecule has 0 aliphatic heterocycles.